The van der Waals surface area contributed by atoms with E-state index < -0.39 is 23.6 Å². The van der Waals surface area contributed by atoms with Gasteiger partial charge in [-0.1, -0.05) is 12.1 Å². The Kier molecular flexibility index (Phi) is 4.22. The fraction of sp³-hybridized carbons (Fsp3) is 0.545. The monoisotopic (exact) mass is 396 g/mol. The SMILES string of the molecule is O=C(Cn1[nH]c(=O)c2ccccc2c1=O)OCC(=O)C12CC3CC(CC(C3)C1)C2. The van der Waals surface area contributed by atoms with Crippen molar-refractivity contribution in [3.63, 3.8) is 0 Å². The normalized spacial score (nSPS) is 29.9. The summed E-state index contributed by atoms with van der Waals surface area (Å²) in [4.78, 5) is 49.9. The van der Waals surface area contributed by atoms with E-state index in [0.29, 0.717) is 17.8 Å². The van der Waals surface area contributed by atoms with Gasteiger partial charge in [0.2, 0.25) is 0 Å². The van der Waals surface area contributed by atoms with Gasteiger partial charge in [-0.05, 0) is 68.4 Å². The highest BCUT2D eigenvalue weighted by Gasteiger charge is 2.54. The number of H-pyrrole nitrogens is 1. The van der Waals surface area contributed by atoms with E-state index in [1.165, 1.54) is 19.3 Å². The highest BCUT2D eigenvalue weighted by molar-refractivity contribution is 5.88. The molecule has 4 saturated carbocycles. The van der Waals surface area contributed by atoms with Crippen LogP contribution in [0.4, 0.5) is 0 Å². The van der Waals surface area contributed by atoms with Crippen LogP contribution in [0.25, 0.3) is 10.8 Å². The van der Waals surface area contributed by atoms with Crippen molar-refractivity contribution < 1.29 is 14.3 Å². The van der Waals surface area contributed by atoms with Gasteiger partial charge in [-0.15, -0.1) is 0 Å². The third-order valence-corrected chi connectivity index (χ3v) is 7.16. The van der Waals surface area contributed by atoms with Gasteiger partial charge in [0.05, 0.1) is 10.8 Å². The molecule has 4 bridgehead atoms. The molecule has 29 heavy (non-hydrogen) atoms. The van der Waals surface area contributed by atoms with Crippen molar-refractivity contribution in [3.05, 3.63) is 45.0 Å². The maximum Gasteiger partial charge on any atom is 0.328 e. The number of esters is 1. The van der Waals surface area contributed by atoms with Crippen LogP contribution in [0.5, 0.6) is 0 Å². The second kappa shape index (κ2) is 6.68. The van der Waals surface area contributed by atoms with Crippen molar-refractivity contribution in [2.75, 3.05) is 6.61 Å². The lowest BCUT2D eigenvalue weighted by Gasteiger charge is -2.55. The van der Waals surface area contributed by atoms with E-state index in [4.69, 9.17) is 4.74 Å². The number of ketones is 1. The first-order valence-corrected chi connectivity index (χ1v) is 10.3. The van der Waals surface area contributed by atoms with Crippen LogP contribution in [0.15, 0.2) is 33.9 Å². The van der Waals surface area contributed by atoms with E-state index in [2.05, 4.69) is 5.10 Å². The van der Waals surface area contributed by atoms with Crippen molar-refractivity contribution in [2.24, 2.45) is 23.2 Å². The number of ether oxygens (including phenoxy) is 1. The largest absolute Gasteiger partial charge is 0.456 e. The maximum absolute atomic E-state index is 12.9. The minimum Gasteiger partial charge on any atom is -0.456 e. The minimum absolute atomic E-state index is 0.0179. The van der Waals surface area contributed by atoms with Gasteiger partial charge >= 0.3 is 5.97 Å². The van der Waals surface area contributed by atoms with Gasteiger partial charge in [0.15, 0.2) is 12.4 Å². The summed E-state index contributed by atoms with van der Waals surface area (Å²) in [6.07, 6.45) is 6.49. The summed E-state index contributed by atoms with van der Waals surface area (Å²) < 4.78 is 6.18. The molecule has 0 saturated heterocycles. The summed E-state index contributed by atoms with van der Waals surface area (Å²) in [6.45, 7) is -0.676. The van der Waals surface area contributed by atoms with E-state index in [9.17, 15) is 19.2 Å². The Bertz CT molecular complexity index is 1080. The number of aromatic amines is 1. The van der Waals surface area contributed by atoms with Gasteiger partial charge in [0.25, 0.3) is 11.1 Å². The molecule has 0 spiro atoms. The zero-order valence-electron chi connectivity index (χ0n) is 16.2. The standard InChI is InChI=1S/C22H24N2O5/c25-18(22-8-13-5-14(9-22)7-15(6-13)10-22)12-29-19(26)11-24-21(28)17-4-2-1-3-16(17)20(27)23-24/h1-4,13-15H,5-12H2,(H,23,27). The molecular weight excluding hydrogens is 372 g/mol. The highest BCUT2D eigenvalue weighted by Crippen LogP contribution is 2.60. The van der Waals surface area contributed by atoms with Crippen LogP contribution in [-0.2, 0) is 20.9 Å². The Morgan fingerprint density at radius 1 is 1.00 bits per heavy atom. The number of hydrogen-bond donors (Lipinski definition) is 1. The molecule has 0 unspecified atom stereocenters. The summed E-state index contributed by atoms with van der Waals surface area (Å²) in [5.41, 5.74) is -1.23. The molecule has 6 rings (SSSR count). The third kappa shape index (κ3) is 3.12. The zero-order chi connectivity index (χ0) is 20.2. The van der Waals surface area contributed by atoms with Gasteiger partial charge in [0, 0.05) is 5.41 Å². The van der Waals surface area contributed by atoms with Crippen LogP contribution in [0.2, 0.25) is 0 Å². The Labute approximate surface area is 167 Å². The van der Waals surface area contributed by atoms with Crippen molar-refractivity contribution in [2.45, 2.75) is 45.1 Å². The van der Waals surface area contributed by atoms with Crippen molar-refractivity contribution >= 4 is 22.5 Å². The number of Topliss-reactive ketones (excluding diaryl/α,β-unsaturated/α-hetero) is 1. The van der Waals surface area contributed by atoms with Crippen LogP contribution in [0.3, 0.4) is 0 Å². The van der Waals surface area contributed by atoms with Crippen LogP contribution in [0.1, 0.15) is 38.5 Å². The molecule has 0 amide bonds. The molecule has 1 aromatic heterocycles. The molecule has 4 aliphatic rings. The van der Waals surface area contributed by atoms with Crippen LogP contribution in [0, 0.1) is 23.2 Å². The predicted octanol–water partition coefficient (Wildman–Crippen LogP) is 2.02. The van der Waals surface area contributed by atoms with E-state index in [1.807, 2.05) is 0 Å². The molecular formula is C22H24N2O5. The predicted molar refractivity (Wildman–Crippen MR) is 105 cm³/mol. The average molecular weight is 396 g/mol. The first kappa shape index (κ1) is 18.3. The second-order valence-corrected chi connectivity index (χ2v) is 9.16. The van der Waals surface area contributed by atoms with Gasteiger partial charge in [0.1, 0.15) is 6.54 Å². The quantitative estimate of drug-likeness (QED) is 0.780. The molecule has 1 heterocycles. The number of nitrogens with zero attached hydrogens (tertiary/aromatic N) is 1. The van der Waals surface area contributed by atoms with E-state index in [-0.39, 0.29) is 28.6 Å². The molecule has 1 aromatic carbocycles. The average Bonchev–Trinajstić information content (AvgIpc) is 2.69. The number of fused-ring (bicyclic) bond motifs is 1. The number of benzene rings is 1. The molecule has 0 atom stereocenters. The molecule has 4 aliphatic carbocycles. The molecule has 0 aliphatic heterocycles. The fourth-order valence-electron chi connectivity index (χ4n) is 6.28. The molecule has 1 N–H and O–H groups in total. The van der Waals surface area contributed by atoms with Gasteiger partial charge < -0.3 is 4.74 Å². The highest BCUT2D eigenvalue weighted by atomic mass is 16.5. The lowest BCUT2D eigenvalue weighted by atomic mass is 9.48. The Balaban J connectivity index is 1.27. The van der Waals surface area contributed by atoms with Crippen LogP contribution in [-0.4, -0.2) is 28.1 Å². The third-order valence-electron chi connectivity index (χ3n) is 7.16. The summed E-state index contributed by atoms with van der Waals surface area (Å²) in [7, 11) is 0. The number of carbonyl (C=O) groups excluding carboxylic acids is 2. The Hall–Kier alpha value is -2.70. The van der Waals surface area contributed by atoms with E-state index >= 15 is 0 Å². The van der Waals surface area contributed by atoms with Crippen LogP contribution < -0.4 is 11.1 Å². The van der Waals surface area contributed by atoms with Crippen molar-refractivity contribution in [3.8, 4) is 0 Å². The van der Waals surface area contributed by atoms with E-state index in [1.54, 1.807) is 24.3 Å². The number of rotatable bonds is 5. The summed E-state index contributed by atoms with van der Waals surface area (Å²) in [5, 5.41) is 2.93. The lowest BCUT2D eigenvalue weighted by molar-refractivity contribution is -0.158. The Morgan fingerprint density at radius 2 is 1.59 bits per heavy atom. The van der Waals surface area contributed by atoms with Gasteiger partial charge in [-0.25, -0.2) is 4.68 Å². The number of aromatic nitrogens is 2. The second-order valence-electron chi connectivity index (χ2n) is 9.16. The first-order chi connectivity index (χ1) is 13.9. The van der Waals surface area contributed by atoms with Gasteiger partial charge in [-0.3, -0.25) is 24.3 Å². The summed E-state index contributed by atoms with van der Waals surface area (Å²) >= 11 is 0. The topological polar surface area (TPSA) is 98.2 Å². The Morgan fingerprint density at radius 3 is 2.21 bits per heavy atom. The maximum atomic E-state index is 12.9. The smallest absolute Gasteiger partial charge is 0.328 e. The number of hydrogen-bond acceptors (Lipinski definition) is 5. The zero-order valence-corrected chi connectivity index (χ0v) is 16.2. The molecule has 152 valence electrons. The molecule has 2 aromatic rings. The lowest BCUT2D eigenvalue weighted by Crippen LogP contribution is -2.51. The number of carbonyl (C=O) groups is 2. The van der Waals surface area contributed by atoms with E-state index in [0.717, 1.165) is 23.9 Å². The molecule has 0 radical (unpaired) electrons. The molecule has 7 nitrogen and oxygen atoms in total. The molecule has 4 fully saturated rings. The summed E-state index contributed by atoms with van der Waals surface area (Å²) in [6, 6.07) is 6.44. The first-order valence-electron chi connectivity index (χ1n) is 10.3. The van der Waals surface area contributed by atoms with Gasteiger partial charge in [-0.2, -0.15) is 0 Å². The van der Waals surface area contributed by atoms with Crippen LogP contribution >= 0.6 is 0 Å². The van der Waals surface area contributed by atoms with Crippen molar-refractivity contribution in [1.82, 2.24) is 9.78 Å². The fourth-order valence-corrected chi connectivity index (χ4v) is 6.28. The minimum atomic E-state index is -0.698. The molecule has 7 heteroatoms. The number of nitrogens with one attached hydrogen (secondary N) is 1. The van der Waals surface area contributed by atoms with Crippen molar-refractivity contribution in [1.29, 1.82) is 0 Å². The summed E-state index contributed by atoms with van der Waals surface area (Å²) in [5.74, 6) is 1.24.